The maximum absolute atomic E-state index is 10.2. The summed E-state index contributed by atoms with van der Waals surface area (Å²) in [4.78, 5) is 0. The minimum Gasteiger partial charge on any atom is -0.387 e. The number of hydrazine groups is 1. The van der Waals surface area contributed by atoms with E-state index in [0.29, 0.717) is 0 Å². The lowest BCUT2D eigenvalue weighted by Crippen LogP contribution is -2.48. The van der Waals surface area contributed by atoms with E-state index in [1.807, 2.05) is 37.3 Å². The van der Waals surface area contributed by atoms with Gasteiger partial charge in [-0.25, -0.2) is 10.4 Å². The molecule has 2 rings (SSSR count). The maximum atomic E-state index is 10.2. The van der Waals surface area contributed by atoms with Gasteiger partial charge in [0.2, 0.25) is 0 Å². The lowest BCUT2D eigenvalue weighted by molar-refractivity contribution is 0.0610. The fourth-order valence-electron chi connectivity index (χ4n) is 2.32. The van der Waals surface area contributed by atoms with Crippen LogP contribution in [0.15, 0.2) is 30.3 Å². The van der Waals surface area contributed by atoms with E-state index >= 15 is 0 Å². The van der Waals surface area contributed by atoms with Crippen molar-refractivity contribution < 1.29 is 5.11 Å². The van der Waals surface area contributed by atoms with E-state index in [4.69, 9.17) is 0 Å². The maximum Gasteiger partial charge on any atom is 0.0953 e. The van der Waals surface area contributed by atoms with Crippen molar-refractivity contribution in [3.05, 3.63) is 35.9 Å². The first-order valence-corrected chi connectivity index (χ1v) is 6.51. The number of rotatable bonds is 4. The number of hydrogen-bond acceptors (Lipinski definition) is 3. The van der Waals surface area contributed by atoms with E-state index in [0.717, 1.165) is 18.7 Å². The van der Waals surface area contributed by atoms with Crippen molar-refractivity contribution >= 4 is 0 Å². The highest BCUT2D eigenvalue weighted by Gasteiger charge is 2.19. The third-order valence-corrected chi connectivity index (χ3v) is 3.36. The van der Waals surface area contributed by atoms with Crippen LogP contribution in [0.2, 0.25) is 0 Å². The number of nitrogens with zero attached hydrogens (tertiary/aromatic N) is 1. The molecule has 1 aromatic rings. The Morgan fingerprint density at radius 2 is 1.76 bits per heavy atom. The number of aliphatic hydroxyl groups excluding tert-OH is 1. The molecule has 1 aromatic carbocycles. The highest BCUT2D eigenvalue weighted by molar-refractivity contribution is 5.18. The Hall–Kier alpha value is -0.900. The average molecular weight is 234 g/mol. The first-order valence-electron chi connectivity index (χ1n) is 6.51. The van der Waals surface area contributed by atoms with Crippen LogP contribution in [0.25, 0.3) is 0 Å². The minimum atomic E-state index is -0.446. The number of hydrogen-bond donors (Lipinski definition) is 2. The van der Waals surface area contributed by atoms with E-state index in [2.05, 4.69) is 10.4 Å². The summed E-state index contributed by atoms with van der Waals surface area (Å²) in [6.45, 7) is 4.21. The van der Waals surface area contributed by atoms with Crippen LogP contribution >= 0.6 is 0 Å². The van der Waals surface area contributed by atoms with Gasteiger partial charge in [-0.05, 0) is 25.3 Å². The predicted octanol–water partition coefficient (Wildman–Crippen LogP) is 2.10. The molecule has 1 aliphatic heterocycles. The summed E-state index contributed by atoms with van der Waals surface area (Å²) < 4.78 is 0. The molecule has 0 radical (unpaired) electrons. The van der Waals surface area contributed by atoms with Gasteiger partial charge in [0.1, 0.15) is 0 Å². The molecule has 3 heteroatoms. The van der Waals surface area contributed by atoms with Crippen LogP contribution in [-0.4, -0.2) is 29.2 Å². The van der Waals surface area contributed by atoms with Gasteiger partial charge >= 0.3 is 0 Å². The molecule has 1 fully saturated rings. The number of piperidine rings is 1. The van der Waals surface area contributed by atoms with E-state index in [1.165, 1.54) is 19.3 Å². The van der Waals surface area contributed by atoms with Gasteiger partial charge in [0.25, 0.3) is 0 Å². The molecule has 94 valence electrons. The molecule has 2 N–H and O–H groups in total. The predicted molar refractivity (Wildman–Crippen MR) is 69.4 cm³/mol. The Morgan fingerprint density at radius 3 is 2.41 bits per heavy atom. The summed E-state index contributed by atoms with van der Waals surface area (Å²) in [6, 6.07) is 9.89. The van der Waals surface area contributed by atoms with Gasteiger partial charge in [-0.3, -0.25) is 0 Å². The van der Waals surface area contributed by atoms with Crippen molar-refractivity contribution in [2.75, 3.05) is 13.1 Å². The summed E-state index contributed by atoms with van der Waals surface area (Å²) in [5, 5.41) is 12.5. The van der Waals surface area contributed by atoms with Gasteiger partial charge in [0.15, 0.2) is 0 Å². The van der Waals surface area contributed by atoms with Gasteiger partial charge < -0.3 is 5.11 Å². The van der Waals surface area contributed by atoms with Crippen molar-refractivity contribution in [1.29, 1.82) is 0 Å². The highest BCUT2D eigenvalue weighted by Crippen LogP contribution is 2.17. The normalized spacial score (nSPS) is 21.1. The molecule has 0 aliphatic carbocycles. The van der Waals surface area contributed by atoms with Crippen molar-refractivity contribution in [2.24, 2.45) is 0 Å². The molecule has 0 bridgehead atoms. The molecule has 1 heterocycles. The molecule has 0 amide bonds. The third-order valence-electron chi connectivity index (χ3n) is 3.36. The lowest BCUT2D eigenvalue weighted by Gasteiger charge is -2.32. The minimum absolute atomic E-state index is 0.0514. The Morgan fingerprint density at radius 1 is 1.12 bits per heavy atom. The molecule has 3 nitrogen and oxygen atoms in total. The fourth-order valence-corrected chi connectivity index (χ4v) is 2.32. The van der Waals surface area contributed by atoms with Crippen molar-refractivity contribution in [2.45, 2.75) is 38.3 Å². The highest BCUT2D eigenvalue weighted by atomic mass is 16.3. The summed E-state index contributed by atoms with van der Waals surface area (Å²) in [5.74, 6) is 0. The topological polar surface area (TPSA) is 35.5 Å². The number of nitrogens with one attached hydrogen (secondary N) is 1. The molecule has 1 saturated heterocycles. The van der Waals surface area contributed by atoms with Gasteiger partial charge in [-0.15, -0.1) is 0 Å². The second kappa shape index (κ2) is 6.15. The Labute approximate surface area is 103 Å². The summed E-state index contributed by atoms with van der Waals surface area (Å²) in [5.41, 5.74) is 4.38. The standard InChI is InChI=1S/C14H22N2O/c1-12(15-16-10-6-3-7-11-16)14(17)13-8-4-2-5-9-13/h2,4-5,8-9,12,14-15,17H,3,6-7,10-11H2,1H3/t12?,14-/m1/s1. The molecular weight excluding hydrogens is 212 g/mol. The quantitative estimate of drug-likeness (QED) is 0.837. The van der Waals surface area contributed by atoms with Gasteiger partial charge in [0.05, 0.1) is 6.10 Å². The molecule has 0 saturated carbocycles. The molecule has 0 spiro atoms. The van der Waals surface area contributed by atoms with Gasteiger partial charge in [0, 0.05) is 19.1 Å². The molecule has 17 heavy (non-hydrogen) atoms. The van der Waals surface area contributed by atoms with E-state index in [1.54, 1.807) is 0 Å². The average Bonchev–Trinajstić information content (AvgIpc) is 2.40. The van der Waals surface area contributed by atoms with Crippen molar-refractivity contribution in [3.8, 4) is 0 Å². The molecular formula is C14H22N2O. The molecule has 1 unspecified atom stereocenters. The summed E-state index contributed by atoms with van der Waals surface area (Å²) in [6.07, 6.45) is 3.38. The van der Waals surface area contributed by atoms with Crippen molar-refractivity contribution in [3.63, 3.8) is 0 Å². The van der Waals surface area contributed by atoms with Crippen LogP contribution in [-0.2, 0) is 0 Å². The van der Waals surface area contributed by atoms with Crippen LogP contribution in [0.5, 0.6) is 0 Å². The SMILES string of the molecule is CC(NN1CCCCC1)[C@@H](O)c1ccccc1. The second-order valence-corrected chi connectivity index (χ2v) is 4.82. The zero-order valence-corrected chi connectivity index (χ0v) is 10.5. The first-order chi connectivity index (χ1) is 8.27. The smallest absolute Gasteiger partial charge is 0.0953 e. The zero-order valence-electron chi connectivity index (χ0n) is 10.5. The largest absolute Gasteiger partial charge is 0.387 e. The Balaban J connectivity index is 1.88. The Kier molecular flexibility index (Phi) is 4.54. The fraction of sp³-hybridized carbons (Fsp3) is 0.571. The molecule has 0 aromatic heterocycles. The monoisotopic (exact) mass is 234 g/mol. The lowest BCUT2D eigenvalue weighted by atomic mass is 10.0. The van der Waals surface area contributed by atoms with Crippen LogP contribution in [0.1, 0.15) is 37.9 Å². The van der Waals surface area contributed by atoms with Crippen LogP contribution in [0, 0.1) is 0 Å². The van der Waals surface area contributed by atoms with Gasteiger partial charge in [-0.2, -0.15) is 0 Å². The summed E-state index contributed by atoms with van der Waals surface area (Å²) >= 11 is 0. The van der Waals surface area contributed by atoms with Gasteiger partial charge in [-0.1, -0.05) is 36.8 Å². The first kappa shape index (κ1) is 12.6. The van der Waals surface area contributed by atoms with E-state index < -0.39 is 6.10 Å². The Bertz CT molecular complexity index is 322. The van der Waals surface area contributed by atoms with Crippen molar-refractivity contribution in [1.82, 2.24) is 10.4 Å². The molecule has 1 aliphatic rings. The van der Waals surface area contributed by atoms with Crippen LogP contribution < -0.4 is 5.43 Å². The van der Waals surface area contributed by atoms with Crippen LogP contribution in [0.4, 0.5) is 0 Å². The zero-order chi connectivity index (χ0) is 12.1. The third kappa shape index (κ3) is 3.53. The molecule has 2 atom stereocenters. The van der Waals surface area contributed by atoms with E-state index in [-0.39, 0.29) is 6.04 Å². The second-order valence-electron chi connectivity index (χ2n) is 4.82. The van der Waals surface area contributed by atoms with E-state index in [9.17, 15) is 5.11 Å². The number of benzene rings is 1. The summed E-state index contributed by atoms with van der Waals surface area (Å²) in [7, 11) is 0. The number of aliphatic hydroxyl groups is 1. The van der Waals surface area contributed by atoms with Crippen LogP contribution in [0.3, 0.4) is 0 Å².